The first-order chi connectivity index (χ1) is 6.38. The highest BCUT2D eigenvalue weighted by Gasteiger charge is 2.34. The lowest BCUT2D eigenvalue weighted by Gasteiger charge is -1.96. The molecule has 0 aromatic carbocycles. The van der Waals surface area contributed by atoms with Crippen LogP contribution in [0.15, 0.2) is 12.2 Å². The average Bonchev–Trinajstić information content (AvgIpc) is 2.85. The van der Waals surface area contributed by atoms with Crippen molar-refractivity contribution >= 4 is 0 Å². The van der Waals surface area contributed by atoms with Crippen LogP contribution in [0.25, 0.3) is 0 Å². The maximum atomic E-state index is 8.55. The smallest absolute Gasteiger partial charge is 0.0612 e. The summed E-state index contributed by atoms with van der Waals surface area (Å²) in [6, 6.07) is 0. The number of hydrogen-bond acceptors (Lipinski definition) is 1. The zero-order chi connectivity index (χ0) is 9.52. The second-order valence-corrected chi connectivity index (χ2v) is 4.14. The van der Waals surface area contributed by atoms with Crippen molar-refractivity contribution in [2.45, 2.75) is 45.4 Å². The zero-order valence-electron chi connectivity index (χ0n) is 8.71. The first-order valence-electron chi connectivity index (χ1n) is 5.64. The fourth-order valence-electron chi connectivity index (χ4n) is 1.95. The van der Waals surface area contributed by atoms with Gasteiger partial charge in [0.1, 0.15) is 0 Å². The van der Waals surface area contributed by atoms with E-state index >= 15 is 0 Å². The van der Waals surface area contributed by atoms with Gasteiger partial charge in [-0.05, 0) is 24.7 Å². The van der Waals surface area contributed by atoms with Gasteiger partial charge < -0.3 is 5.11 Å². The van der Waals surface area contributed by atoms with Gasteiger partial charge in [0, 0.05) is 0 Å². The summed E-state index contributed by atoms with van der Waals surface area (Å²) in [4.78, 5) is 0. The van der Waals surface area contributed by atoms with E-state index in [1.807, 2.05) is 6.08 Å². The highest BCUT2D eigenvalue weighted by Crippen LogP contribution is 2.44. The minimum Gasteiger partial charge on any atom is -0.392 e. The predicted octanol–water partition coefficient (Wildman–Crippen LogP) is 3.14. The number of allylic oxidation sites excluding steroid dienone is 1. The summed E-state index contributed by atoms with van der Waals surface area (Å²) in [5, 5.41) is 8.55. The van der Waals surface area contributed by atoms with E-state index in [1.165, 1.54) is 38.5 Å². The molecule has 0 heterocycles. The van der Waals surface area contributed by atoms with Crippen LogP contribution in [0.1, 0.15) is 45.4 Å². The van der Waals surface area contributed by atoms with Crippen LogP contribution in [0, 0.1) is 11.8 Å². The highest BCUT2D eigenvalue weighted by atomic mass is 16.2. The van der Waals surface area contributed by atoms with Crippen LogP contribution in [0.4, 0.5) is 0 Å². The molecule has 1 fully saturated rings. The fourth-order valence-corrected chi connectivity index (χ4v) is 1.95. The molecule has 0 aromatic heterocycles. The standard InChI is InChI=1S/C12H22O/c1-2-3-4-7-11-10-12(11)8-5-6-9-13/h5-6,11-13H,2-4,7-10H2,1H3/t11?,12-/m0/s1. The normalized spacial score (nSPS) is 26.9. The van der Waals surface area contributed by atoms with Crippen molar-refractivity contribution in [2.75, 3.05) is 6.61 Å². The maximum absolute atomic E-state index is 8.55. The van der Waals surface area contributed by atoms with Crippen LogP contribution in [0.3, 0.4) is 0 Å². The SMILES string of the molecule is CCCCCC1C[C@@H]1CC=CCO. The van der Waals surface area contributed by atoms with E-state index in [2.05, 4.69) is 13.0 Å². The Kier molecular flexibility index (Phi) is 5.14. The average molecular weight is 182 g/mol. The zero-order valence-corrected chi connectivity index (χ0v) is 8.71. The van der Waals surface area contributed by atoms with E-state index < -0.39 is 0 Å². The molecule has 2 atom stereocenters. The fraction of sp³-hybridized carbons (Fsp3) is 0.833. The molecule has 1 aliphatic rings. The molecule has 1 saturated carbocycles. The van der Waals surface area contributed by atoms with Gasteiger partial charge in [-0.3, -0.25) is 0 Å². The second-order valence-electron chi connectivity index (χ2n) is 4.14. The topological polar surface area (TPSA) is 20.2 Å². The Labute approximate surface area is 81.9 Å². The van der Waals surface area contributed by atoms with Crippen molar-refractivity contribution in [3.05, 3.63) is 12.2 Å². The monoisotopic (exact) mass is 182 g/mol. The summed E-state index contributed by atoms with van der Waals surface area (Å²) in [5.41, 5.74) is 0. The molecule has 1 nitrogen and oxygen atoms in total. The molecule has 1 N–H and O–H groups in total. The lowest BCUT2D eigenvalue weighted by atomic mass is 10.1. The van der Waals surface area contributed by atoms with Gasteiger partial charge in [-0.25, -0.2) is 0 Å². The summed E-state index contributed by atoms with van der Waals surface area (Å²) in [6.07, 6.45) is 12.2. The number of rotatable bonds is 7. The van der Waals surface area contributed by atoms with E-state index in [-0.39, 0.29) is 6.61 Å². The summed E-state index contributed by atoms with van der Waals surface area (Å²) in [7, 11) is 0. The molecular formula is C12H22O. The van der Waals surface area contributed by atoms with Crippen molar-refractivity contribution < 1.29 is 5.11 Å². The van der Waals surface area contributed by atoms with Crippen LogP contribution in [-0.2, 0) is 0 Å². The van der Waals surface area contributed by atoms with Gasteiger partial charge in [0.15, 0.2) is 0 Å². The molecule has 0 bridgehead atoms. The minimum absolute atomic E-state index is 0.202. The Balaban J connectivity index is 1.93. The summed E-state index contributed by atoms with van der Waals surface area (Å²) in [6.45, 7) is 2.46. The van der Waals surface area contributed by atoms with Crippen molar-refractivity contribution in [1.29, 1.82) is 0 Å². The third kappa shape index (κ3) is 4.47. The Morgan fingerprint density at radius 1 is 1.23 bits per heavy atom. The molecule has 13 heavy (non-hydrogen) atoms. The third-order valence-corrected chi connectivity index (χ3v) is 2.96. The molecule has 0 radical (unpaired) electrons. The van der Waals surface area contributed by atoms with E-state index in [9.17, 15) is 0 Å². The van der Waals surface area contributed by atoms with Gasteiger partial charge in [0.05, 0.1) is 6.61 Å². The van der Waals surface area contributed by atoms with Crippen molar-refractivity contribution in [1.82, 2.24) is 0 Å². The molecule has 0 aromatic rings. The van der Waals surface area contributed by atoms with Gasteiger partial charge in [-0.2, -0.15) is 0 Å². The largest absolute Gasteiger partial charge is 0.392 e. The summed E-state index contributed by atoms with van der Waals surface area (Å²) in [5.74, 6) is 1.95. The van der Waals surface area contributed by atoms with Gasteiger partial charge in [-0.15, -0.1) is 0 Å². The number of unbranched alkanes of at least 4 members (excludes halogenated alkanes) is 2. The molecule has 1 unspecified atom stereocenters. The second kappa shape index (κ2) is 6.20. The molecule has 1 aliphatic carbocycles. The quantitative estimate of drug-likeness (QED) is 0.473. The van der Waals surface area contributed by atoms with E-state index in [0.29, 0.717) is 0 Å². The first-order valence-corrected chi connectivity index (χ1v) is 5.64. The molecule has 76 valence electrons. The lowest BCUT2D eigenvalue weighted by molar-refractivity contribution is 0.342. The van der Waals surface area contributed by atoms with Crippen LogP contribution >= 0.6 is 0 Å². The van der Waals surface area contributed by atoms with E-state index in [4.69, 9.17) is 5.11 Å². The van der Waals surface area contributed by atoms with Crippen LogP contribution in [-0.4, -0.2) is 11.7 Å². The summed E-state index contributed by atoms with van der Waals surface area (Å²) >= 11 is 0. The van der Waals surface area contributed by atoms with Gasteiger partial charge in [0.25, 0.3) is 0 Å². The summed E-state index contributed by atoms with van der Waals surface area (Å²) < 4.78 is 0. The molecule has 0 aliphatic heterocycles. The number of aliphatic hydroxyl groups excluding tert-OH is 1. The van der Waals surface area contributed by atoms with Crippen LogP contribution in [0.2, 0.25) is 0 Å². The van der Waals surface area contributed by atoms with E-state index in [0.717, 1.165) is 11.8 Å². The Hall–Kier alpha value is -0.300. The molecule has 1 heteroatoms. The van der Waals surface area contributed by atoms with Crippen molar-refractivity contribution in [2.24, 2.45) is 11.8 Å². The Bertz CT molecular complexity index is 151. The van der Waals surface area contributed by atoms with Crippen molar-refractivity contribution in [3.8, 4) is 0 Å². The van der Waals surface area contributed by atoms with Gasteiger partial charge in [-0.1, -0.05) is 44.8 Å². The Morgan fingerprint density at radius 3 is 2.77 bits per heavy atom. The molecular weight excluding hydrogens is 160 g/mol. The molecule has 1 rings (SSSR count). The predicted molar refractivity (Wildman–Crippen MR) is 56.6 cm³/mol. The number of hydrogen-bond donors (Lipinski definition) is 1. The lowest BCUT2D eigenvalue weighted by Crippen LogP contribution is -1.83. The van der Waals surface area contributed by atoms with E-state index in [1.54, 1.807) is 0 Å². The minimum atomic E-state index is 0.202. The van der Waals surface area contributed by atoms with Crippen LogP contribution in [0.5, 0.6) is 0 Å². The maximum Gasteiger partial charge on any atom is 0.0612 e. The van der Waals surface area contributed by atoms with Gasteiger partial charge >= 0.3 is 0 Å². The molecule has 0 saturated heterocycles. The first kappa shape index (κ1) is 10.8. The Morgan fingerprint density at radius 2 is 2.08 bits per heavy atom. The molecule has 0 spiro atoms. The highest BCUT2D eigenvalue weighted by molar-refractivity contribution is 4.93. The molecule has 0 amide bonds. The van der Waals surface area contributed by atoms with Gasteiger partial charge in [0.2, 0.25) is 0 Å². The number of aliphatic hydroxyl groups is 1. The van der Waals surface area contributed by atoms with Crippen LogP contribution < -0.4 is 0 Å². The third-order valence-electron chi connectivity index (χ3n) is 2.96. The van der Waals surface area contributed by atoms with Crippen molar-refractivity contribution in [3.63, 3.8) is 0 Å².